The summed E-state index contributed by atoms with van der Waals surface area (Å²) in [6.45, 7) is 13.6. The predicted octanol–water partition coefficient (Wildman–Crippen LogP) is 14.2. The molecule has 0 bridgehead atoms. The van der Waals surface area contributed by atoms with Crippen LogP contribution in [0.1, 0.15) is 234 Å². The SMILES string of the molecule is CCCCCCCCCCCCN(CCCCCCCCCCCC)C(=O)O[C@@]1(O)CC[C@@]2(C)C(CC[C@H]3[C@@H]4CC[C@H]([C@H](C)CCC(=O)OC)[C@@]4(C)CC[C@@H]32)C1. The van der Waals surface area contributed by atoms with Gasteiger partial charge in [0, 0.05) is 32.4 Å². The monoisotopic (exact) mass is 786 g/mol. The summed E-state index contributed by atoms with van der Waals surface area (Å²) < 4.78 is 11.2. The number of rotatable bonds is 27. The van der Waals surface area contributed by atoms with Gasteiger partial charge in [-0.1, -0.05) is 150 Å². The Morgan fingerprint density at radius 2 is 1.18 bits per heavy atom. The molecule has 0 spiro atoms. The van der Waals surface area contributed by atoms with Gasteiger partial charge in [0.1, 0.15) is 0 Å². The number of ether oxygens (including phenoxy) is 2. The molecule has 1 amide bonds. The van der Waals surface area contributed by atoms with Crippen molar-refractivity contribution in [3.05, 3.63) is 0 Å². The molecule has 0 aromatic heterocycles. The van der Waals surface area contributed by atoms with Gasteiger partial charge in [0.25, 0.3) is 0 Å². The lowest BCUT2D eigenvalue weighted by Crippen LogP contribution is -2.57. The fourth-order valence-corrected chi connectivity index (χ4v) is 13.0. The van der Waals surface area contributed by atoms with Crippen molar-refractivity contribution >= 4 is 12.1 Å². The standard InChI is InChI=1S/C50H91NO5/c1-7-9-11-13-15-17-19-21-23-25-37-51(38-26-24-22-20-18-16-14-12-10-8-2)47(53)56-50(54)36-35-48(4)41(39-50)28-29-42-44-31-30-43(40(3)27-32-46(52)55-6)49(44,5)34-33-45(42)48/h40-45,54H,7-39H2,1-6H3/t40-,41?,42+,43-,44+,45+,48+,49-,50+/m1/s1. The number of aliphatic hydroxyl groups is 1. The third-order valence-corrected chi connectivity index (χ3v) is 16.6. The second-order valence-electron chi connectivity index (χ2n) is 20.3. The first kappa shape index (κ1) is 47.4. The van der Waals surface area contributed by atoms with Gasteiger partial charge in [-0.15, -0.1) is 0 Å². The Labute approximate surface area is 346 Å². The Bertz CT molecular complexity index is 1100. The molecule has 4 aliphatic carbocycles. The Morgan fingerprint density at radius 1 is 0.661 bits per heavy atom. The second kappa shape index (κ2) is 24.1. The highest BCUT2D eigenvalue weighted by atomic mass is 16.7. The van der Waals surface area contributed by atoms with E-state index in [0.29, 0.717) is 48.3 Å². The lowest BCUT2D eigenvalue weighted by atomic mass is 9.44. The van der Waals surface area contributed by atoms with Crippen LogP contribution >= 0.6 is 0 Å². The van der Waals surface area contributed by atoms with E-state index in [0.717, 1.165) is 69.9 Å². The lowest BCUT2D eigenvalue weighted by molar-refractivity contribution is -0.235. The Balaban J connectivity index is 1.27. The van der Waals surface area contributed by atoms with Crippen molar-refractivity contribution in [3.8, 4) is 0 Å². The summed E-state index contributed by atoms with van der Waals surface area (Å²) in [5.74, 6) is 2.39. The molecule has 6 nitrogen and oxygen atoms in total. The second-order valence-corrected chi connectivity index (χ2v) is 20.3. The van der Waals surface area contributed by atoms with Crippen LogP contribution in [-0.4, -0.2) is 48.1 Å². The van der Waals surface area contributed by atoms with Crippen molar-refractivity contribution < 1.29 is 24.2 Å². The number of carbonyl (C=O) groups excluding carboxylic acids is 2. The number of carbonyl (C=O) groups is 2. The maximum absolute atomic E-state index is 13.9. The normalized spacial score (nSPS) is 31.6. The molecule has 0 saturated heterocycles. The molecule has 4 aliphatic rings. The van der Waals surface area contributed by atoms with Crippen LogP contribution < -0.4 is 0 Å². The zero-order valence-corrected chi connectivity index (χ0v) is 37.8. The zero-order chi connectivity index (χ0) is 40.4. The van der Waals surface area contributed by atoms with E-state index in [4.69, 9.17) is 9.47 Å². The molecule has 1 N–H and O–H groups in total. The van der Waals surface area contributed by atoms with E-state index in [1.54, 1.807) is 0 Å². The number of hydrogen-bond donors (Lipinski definition) is 1. The van der Waals surface area contributed by atoms with Crippen LogP contribution in [-0.2, 0) is 14.3 Å². The summed E-state index contributed by atoms with van der Waals surface area (Å²) in [6.07, 6.45) is 36.5. The van der Waals surface area contributed by atoms with Crippen molar-refractivity contribution in [1.29, 1.82) is 0 Å². The van der Waals surface area contributed by atoms with Crippen LogP contribution in [0, 0.1) is 46.3 Å². The number of unbranched alkanes of at least 4 members (excludes halogenated alkanes) is 18. The molecule has 0 heterocycles. The highest BCUT2D eigenvalue weighted by molar-refractivity contribution is 5.69. The maximum Gasteiger partial charge on any atom is 0.412 e. The average molecular weight is 786 g/mol. The summed E-state index contributed by atoms with van der Waals surface area (Å²) in [5, 5.41) is 12.0. The summed E-state index contributed by atoms with van der Waals surface area (Å²) >= 11 is 0. The van der Waals surface area contributed by atoms with Gasteiger partial charge >= 0.3 is 12.1 Å². The van der Waals surface area contributed by atoms with Crippen molar-refractivity contribution in [1.82, 2.24) is 4.90 Å². The zero-order valence-electron chi connectivity index (χ0n) is 37.8. The van der Waals surface area contributed by atoms with E-state index in [1.807, 2.05) is 4.90 Å². The Hall–Kier alpha value is -1.30. The van der Waals surface area contributed by atoms with Crippen LogP contribution in [0.5, 0.6) is 0 Å². The fourth-order valence-electron chi connectivity index (χ4n) is 13.0. The van der Waals surface area contributed by atoms with E-state index in [9.17, 15) is 14.7 Å². The molecule has 1 unspecified atom stereocenters. The fraction of sp³-hybridized carbons (Fsp3) is 0.960. The molecular formula is C50H91NO5. The van der Waals surface area contributed by atoms with E-state index < -0.39 is 5.79 Å². The predicted molar refractivity (Wildman–Crippen MR) is 232 cm³/mol. The van der Waals surface area contributed by atoms with Gasteiger partial charge in [0.15, 0.2) is 0 Å². The van der Waals surface area contributed by atoms with Gasteiger partial charge in [-0.05, 0) is 111 Å². The van der Waals surface area contributed by atoms with E-state index in [2.05, 4.69) is 34.6 Å². The number of nitrogens with zero attached hydrogens (tertiary/aromatic N) is 1. The molecule has 4 rings (SSSR count). The average Bonchev–Trinajstić information content (AvgIpc) is 3.55. The summed E-state index contributed by atoms with van der Waals surface area (Å²) in [4.78, 5) is 27.8. The Kier molecular flexibility index (Phi) is 20.4. The summed E-state index contributed by atoms with van der Waals surface area (Å²) in [7, 11) is 1.50. The molecular weight excluding hydrogens is 695 g/mol. The number of fused-ring (bicyclic) bond motifs is 5. The van der Waals surface area contributed by atoms with Crippen molar-refractivity contribution in [3.63, 3.8) is 0 Å². The molecule has 326 valence electrons. The van der Waals surface area contributed by atoms with E-state index >= 15 is 0 Å². The third kappa shape index (κ3) is 13.4. The van der Waals surface area contributed by atoms with Crippen LogP contribution in [0.25, 0.3) is 0 Å². The van der Waals surface area contributed by atoms with Gasteiger partial charge < -0.3 is 19.5 Å². The number of methoxy groups -OCH3 is 1. The molecule has 0 aliphatic heterocycles. The topological polar surface area (TPSA) is 76.1 Å². The first-order chi connectivity index (χ1) is 27.0. The van der Waals surface area contributed by atoms with Crippen LogP contribution in [0.3, 0.4) is 0 Å². The number of amides is 1. The minimum absolute atomic E-state index is 0.0784. The molecule has 56 heavy (non-hydrogen) atoms. The van der Waals surface area contributed by atoms with Crippen molar-refractivity contribution in [2.45, 2.75) is 239 Å². The third-order valence-electron chi connectivity index (χ3n) is 16.6. The summed E-state index contributed by atoms with van der Waals surface area (Å²) in [5.41, 5.74) is 0.555. The van der Waals surface area contributed by atoms with E-state index in [1.165, 1.54) is 142 Å². The maximum atomic E-state index is 13.9. The minimum atomic E-state index is -1.35. The number of esters is 1. The van der Waals surface area contributed by atoms with Crippen LogP contribution in [0.15, 0.2) is 0 Å². The molecule has 0 aromatic rings. The molecule has 4 fully saturated rings. The smallest absolute Gasteiger partial charge is 0.412 e. The first-order valence-electron chi connectivity index (χ1n) is 24.8. The molecule has 0 radical (unpaired) electrons. The lowest BCUT2D eigenvalue weighted by Gasteiger charge is -2.62. The molecule has 0 aromatic carbocycles. The Morgan fingerprint density at radius 3 is 1.71 bits per heavy atom. The minimum Gasteiger partial charge on any atom is -0.469 e. The van der Waals surface area contributed by atoms with Gasteiger partial charge in [-0.3, -0.25) is 4.79 Å². The van der Waals surface area contributed by atoms with Gasteiger partial charge in [0.2, 0.25) is 5.79 Å². The molecule has 9 atom stereocenters. The quantitative estimate of drug-likeness (QED) is 0.0510. The molecule has 6 heteroatoms. The number of hydrogen-bond acceptors (Lipinski definition) is 5. The van der Waals surface area contributed by atoms with Crippen LogP contribution in [0.4, 0.5) is 4.79 Å². The highest BCUT2D eigenvalue weighted by Gasteiger charge is 2.62. The summed E-state index contributed by atoms with van der Waals surface area (Å²) in [6, 6.07) is 0. The van der Waals surface area contributed by atoms with E-state index in [-0.39, 0.29) is 17.5 Å². The van der Waals surface area contributed by atoms with Gasteiger partial charge in [-0.25, -0.2) is 4.79 Å². The molecule has 4 saturated carbocycles. The van der Waals surface area contributed by atoms with Gasteiger partial charge in [0.05, 0.1) is 7.11 Å². The van der Waals surface area contributed by atoms with Crippen molar-refractivity contribution in [2.24, 2.45) is 46.3 Å². The van der Waals surface area contributed by atoms with Gasteiger partial charge in [-0.2, -0.15) is 0 Å². The van der Waals surface area contributed by atoms with Crippen LogP contribution in [0.2, 0.25) is 0 Å². The largest absolute Gasteiger partial charge is 0.469 e. The highest BCUT2D eigenvalue weighted by Crippen LogP contribution is 2.69. The van der Waals surface area contributed by atoms with Crippen molar-refractivity contribution in [2.75, 3.05) is 20.2 Å². The first-order valence-corrected chi connectivity index (χ1v) is 24.8.